The minimum atomic E-state index is -1.09. The Morgan fingerprint density at radius 3 is 2.26 bits per heavy atom. The third-order valence-electron chi connectivity index (χ3n) is 4.69. The van der Waals surface area contributed by atoms with E-state index in [9.17, 15) is 19.5 Å². The molecular weight excluding hydrogens is 346 g/mol. The van der Waals surface area contributed by atoms with Gasteiger partial charge in [0.1, 0.15) is 12.6 Å². The number of aliphatic carboxylic acids is 1. The Bertz CT molecular complexity index is 1040. The Labute approximate surface area is 156 Å². The maximum atomic E-state index is 13.0. The first-order valence-corrected chi connectivity index (χ1v) is 8.60. The van der Waals surface area contributed by atoms with Crippen LogP contribution in [0.25, 0.3) is 11.0 Å². The quantitative estimate of drug-likeness (QED) is 0.720. The number of carboxylic acid groups (broad SMARTS) is 1. The highest BCUT2D eigenvalue weighted by molar-refractivity contribution is 5.85. The molecule has 0 radical (unpaired) electrons. The van der Waals surface area contributed by atoms with Crippen LogP contribution in [0.5, 0.6) is 0 Å². The molecule has 1 amide bonds. The van der Waals surface area contributed by atoms with Crippen LogP contribution in [0.2, 0.25) is 0 Å². The van der Waals surface area contributed by atoms with Gasteiger partial charge in [0.25, 0.3) is 0 Å². The number of para-hydroxylation sites is 2. The number of imidazole rings is 1. The van der Waals surface area contributed by atoms with Gasteiger partial charge in [0.2, 0.25) is 5.91 Å². The summed E-state index contributed by atoms with van der Waals surface area (Å²) in [6.45, 7) is 1.41. The van der Waals surface area contributed by atoms with Crippen molar-refractivity contribution in [2.75, 3.05) is 0 Å². The average Bonchev–Trinajstić information content (AvgIpc) is 2.91. The maximum Gasteiger partial charge on any atom is 0.329 e. The zero-order valence-electron chi connectivity index (χ0n) is 15.2. The lowest BCUT2D eigenvalue weighted by Crippen LogP contribution is -2.45. The Hall–Kier alpha value is -3.35. The normalized spacial score (nSPS) is 12.1. The molecule has 0 saturated carbocycles. The predicted molar refractivity (Wildman–Crippen MR) is 101 cm³/mol. The van der Waals surface area contributed by atoms with Gasteiger partial charge in [-0.05, 0) is 24.6 Å². The highest BCUT2D eigenvalue weighted by Gasteiger charge is 2.27. The largest absolute Gasteiger partial charge is 0.480 e. The molecule has 140 valence electrons. The lowest BCUT2D eigenvalue weighted by atomic mass is 10.1. The van der Waals surface area contributed by atoms with Crippen LogP contribution in [0.4, 0.5) is 0 Å². The third-order valence-corrected chi connectivity index (χ3v) is 4.69. The highest BCUT2D eigenvalue weighted by atomic mass is 16.4. The Balaban J connectivity index is 1.94. The highest BCUT2D eigenvalue weighted by Crippen LogP contribution is 2.14. The summed E-state index contributed by atoms with van der Waals surface area (Å²) in [6.07, 6.45) is 0. The summed E-state index contributed by atoms with van der Waals surface area (Å²) in [5.74, 6) is -1.52. The van der Waals surface area contributed by atoms with E-state index in [1.807, 2.05) is 36.4 Å². The van der Waals surface area contributed by atoms with Crippen molar-refractivity contribution in [3.8, 4) is 0 Å². The molecule has 1 N–H and O–H groups in total. The number of aromatic nitrogens is 2. The van der Waals surface area contributed by atoms with E-state index in [0.29, 0.717) is 5.52 Å². The molecule has 1 heterocycles. The van der Waals surface area contributed by atoms with Gasteiger partial charge in [0, 0.05) is 13.6 Å². The monoisotopic (exact) mass is 367 g/mol. The molecule has 0 saturated heterocycles. The minimum Gasteiger partial charge on any atom is -0.480 e. The van der Waals surface area contributed by atoms with Crippen LogP contribution in [0.15, 0.2) is 59.4 Å². The number of carboxylic acids is 1. The molecule has 0 bridgehead atoms. The second-order valence-corrected chi connectivity index (χ2v) is 6.44. The first kappa shape index (κ1) is 18.4. The van der Waals surface area contributed by atoms with Crippen LogP contribution in [-0.4, -0.2) is 37.1 Å². The van der Waals surface area contributed by atoms with Crippen molar-refractivity contribution in [2.45, 2.75) is 26.1 Å². The lowest BCUT2D eigenvalue weighted by Gasteiger charge is -2.27. The smallest absolute Gasteiger partial charge is 0.329 e. The standard InChI is InChI=1S/C20H21N3O4/c1-14(19(25)26)22(12-15-8-4-3-5-9-15)18(24)13-23-17-11-7-6-10-16(17)21(2)20(23)27/h3-11,14H,12-13H2,1-2H3,(H,25,26). The van der Waals surface area contributed by atoms with Gasteiger partial charge in [0.15, 0.2) is 0 Å². The van der Waals surface area contributed by atoms with Crippen molar-refractivity contribution in [3.63, 3.8) is 0 Å². The number of fused-ring (bicyclic) bond motifs is 1. The summed E-state index contributed by atoms with van der Waals surface area (Å²) >= 11 is 0. The molecule has 7 nitrogen and oxygen atoms in total. The number of aryl methyl sites for hydroxylation is 1. The van der Waals surface area contributed by atoms with Crippen molar-refractivity contribution < 1.29 is 14.7 Å². The fourth-order valence-corrected chi connectivity index (χ4v) is 3.10. The number of nitrogens with zero attached hydrogens (tertiary/aromatic N) is 3. The van der Waals surface area contributed by atoms with E-state index in [1.54, 1.807) is 25.2 Å². The zero-order chi connectivity index (χ0) is 19.6. The van der Waals surface area contributed by atoms with Gasteiger partial charge in [-0.25, -0.2) is 9.59 Å². The van der Waals surface area contributed by atoms with Crippen molar-refractivity contribution in [3.05, 3.63) is 70.6 Å². The van der Waals surface area contributed by atoms with Crippen LogP contribution in [0.1, 0.15) is 12.5 Å². The van der Waals surface area contributed by atoms with E-state index >= 15 is 0 Å². The van der Waals surface area contributed by atoms with Gasteiger partial charge >= 0.3 is 11.7 Å². The number of hydrogen-bond donors (Lipinski definition) is 1. The van der Waals surface area contributed by atoms with E-state index in [4.69, 9.17) is 0 Å². The van der Waals surface area contributed by atoms with Crippen molar-refractivity contribution in [1.82, 2.24) is 14.0 Å². The Morgan fingerprint density at radius 1 is 1.04 bits per heavy atom. The van der Waals surface area contributed by atoms with Gasteiger partial charge in [0.05, 0.1) is 11.0 Å². The van der Waals surface area contributed by atoms with Gasteiger partial charge in [-0.2, -0.15) is 0 Å². The number of amides is 1. The van der Waals surface area contributed by atoms with E-state index in [2.05, 4.69) is 0 Å². The van der Waals surface area contributed by atoms with E-state index in [1.165, 1.54) is 21.0 Å². The van der Waals surface area contributed by atoms with Crippen molar-refractivity contribution in [1.29, 1.82) is 0 Å². The summed E-state index contributed by atoms with van der Waals surface area (Å²) < 4.78 is 2.86. The predicted octanol–water partition coefficient (Wildman–Crippen LogP) is 1.84. The van der Waals surface area contributed by atoms with E-state index in [-0.39, 0.29) is 18.8 Å². The number of carbonyl (C=O) groups is 2. The summed E-state index contributed by atoms with van der Waals surface area (Å²) in [6, 6.07) is 15.4. The molecule has 2 aromatic carbocycles. The van der Waals surface area contributed by atoms with Gasteiger partial charge < -0.3 is 10.0 Å². The summed E-state index contributed by atoms with van der Waals surface area (Å²) in [5.41, 5.74) is 1.87. The van der Waals surface area contributed by atoms with Crippen molar-refractivity contribution in [2.24, 2.45) is 7.05 Å². The second-order valence-electron chi connectivity index (χ2n) is 6.44. The number of carbonyl (C=O) groups excluding carboxylic acids is 1. The average molecular weight is 367 g/mol. The number of benzene rings is 2. The van der Waals surface area contributed by atoms with Gasteiger partial charge in [-0.15, -0.1) is 0 Å². The fourth-order valence-electron chi connectivity index (χ4n) is 3.10. The molecule has 1 unspecified atom stereocenters. The molecule has 1 atom stereocenters. The molecule has 27 heavy (non-hydrogen) atoms. The van der Waals surface area contributed by atoms with Gasteiger partial charge in [-0.1, -0.05) is 42.5 Å². The summed E-state index contributed by atoms with van der Waals surface area (Å²) in [4.78, 5) is 38.3. The first-order chi connectivity index (χ1) is 12.9. The third kappa shape index (κ3) is 3.62. The summed E-state index contributed by atoms with van der Waals surface area (Å²) in [5, 5.41) is 9.41. The maximum absolute atomic E-state index is 13.0. The lowest BCUT2D eigenvalue weighted by molar-refractivity contribution is -0.150. The number of hydrogen-bond acceptors (Lipinski definition) is 3. The molecule has 0 aliphatic rings. The second kappa shape index (κ2) is 7.49. The van der Waals surface area contributed by atoms with Crippen molar-refractivity contribution >= 4 is 22.9 Å². The number of rotatable bonds is 6. The SMILES string of the molecule is CC(C(=O)O)N(Cc1ccccc1)C(=O)Cn1c(=O)n(C)c2ccccc21. The fraction of sp³-hybridized carbons (Fsp3) is 0.250. The van der Waals surface area contributed by atoms with Crippen LogP contribution >= 0.6 is 0 Å². The molecule has 0 spiro atoms. The summed E-state index contributed by atoms with van der Waals surface area (Å²) in [7, 11) is 1.65. The molecule has 1 aromatic heterocycles. The molecule has 0 fully saturated rings. The molecule has 0 aliphatic heterocycles. The zero-order valence-corrected chi connectivity index (χ0v) is 15.2. The van der Waals surface area contributed by atoms with E-state index < -0.39 is 17.9 Å². The van der Waals surface area contributed by atoms with Crippen LogP contribution in [0, 0.1) is 0 Å². The Morgan fingerprint density at radius 2 is 1.63 bits per heavy atom. The molecule has 7 heteroatoms. The molecule has 3 aromatic rings. The van der Waals surface area contributed by atoms with Crippen LogP contribution in [0.3, 0.4) is 0 Å². The van der Waals surface area contributed by atoms with Gasteiger partial charge in [-0.3, -0.25) is 13.9 Å². The van der Waals surface area contributed by atoms with Crippen LogP contribution in [-0.2, 0) is 29.7 Å². The Kier molecular flexibility index (Phi) is 5.12. The topological polar surface area (TPSA) is 84.5 Å². The van der Waals surface area contributed by atoms with E-state index in [0.717, 1.165) is 11.1 Å². The molecular formula is C20H21N3O4. The van der Waals surface area contributed by atoms with Crippen LogP contribution < -0.4 is 5.69 Å². The molecule has 0 aliphatic carbocycles. The first-order valence-electron chi connectivity index (χ1n) is 8.60. The molecule has 3 rings (SSSR count). The minimum absolute atomic E-state index is 0.159.